The van der Waals surface area contributed by atoms with E-state index in [4.69, 9.17) is 0 Å². The second kappa shape index (κ2) is 35.2. The molecule has 15 aromatic rings. The van der Waals surface area contributed by atoms with Crippen LogP contribution >= 0.6 is 0 Å². The number of nitrogens with zero attached hydrogens (tertiary/aromatic N) is 4. The Morgan fingerprint density at radius 1 is 0.226 bits per heavy atom. The Kier molecular flexibility index (Phi) is 21.3. The molecule has 0 amide bonds. The maximum atomic E-state index is 10.8. The van der Waals surface area contributed by atoms with Crippen molar-refractivity contribution in [2.24, 2.45) is 54.1 Å². The Labute approximate surface area is 842 Å². The first-order valence-corrected chi connectivity index (χ1v) is 50.3. The molecule has 4 heterocycles. The van der Waals surface area contributed by atoms with Crippen LogP contribution in [0.4, 0.5) is 34.1 Å². The molecular formula is C132H159BN4. The smallest absolute Gasteiger partial charge is 0.252 e. The maximum absolute atomic E-state index is 10.8. The average Bonchev–Trinajstić information content (AvgIpc) is 0.746. The summed E-state index contributed by atoms with van der Waals surface area (Å²) in [6.07, 6.45) is -8.43. The van der Waals surface area contributed by atoms with Crippen molar-refractivity contribution in [1.29, 1.82) is 0 Å². The van der Waals surface area contributed by atoms with Crippen LogP contribution in [-0.4, -0.2) is 15.8 Å². The van der Waals surface area contributed by atoms with Gasteiger partial charge in [-0.1, -0.05) is 362 Å². The first-order valence-electron chi connectivity index (χ1n) is 56.3. The highest BCUT2D eigenvalue weighted by Gasteiger charge is 2.47. The topological polar surface area (TPSA) is 16.3 Å². The van der Waals surface area contributed by atoms with Gasteiger partial charge in [0.15, 0.2) is 0 Å². The van der Waals surface area contributed by atoms with Gasteiger partial charge in [-0.3, -0.25) is 0 Å². The van der Waals surface area contributed by atoms with Crippen molar-refractivity contribution in [3.63, 3.8) is 0 Å². The standard InChI is InChI=1S/C132H159BN4/c1-122(2,3)74-84-38-34-42-94(58-84)101-66-92(82-130(25,26)27)67-102(95-43-35-39-85(59-95)75-123(4,5)6)120(101)136-115-72-99(134-111-54-46-88(78-126(13,14)15)62-105(111)106-63-89(47-55-112(106)134)79-127(16,17)18)50-52-109(115)133-110-53-51-100(135-113-56-48-90(80-128(19,20)21)64-107(113)108-65-91(49-57-114(108)135)81-129(22,23)24)73-116(110)137(118-71-98(132(31,32)33)70-117(136)119(118)133)121-103(96-44-36-40-86(60-96)76-124(7,8)9)68-93(83-131(28,29)30)69-104(121)97-45-37-41-87(61-97)77-125(10,11)12/h34-73H,74-83H2,1-33H3/i74D2,75D2,76D2,77D2,82D2,83D2. The lowest BCUT2D eigenvalue weighted by Crippen LogP contribution is -2.61. The summed E-state index contributed by atoms with van der Waals surface area (Å²) < 4.78 is 130. The van der Waals surface area contributed by atoms with Crippen LogP contribution in [-0.2, 0) is 69.3 Å². The molecule has 0 radical (unpaired) electrons. The molecule has 0 fully saturated rings. The van der Waals surface area contributed by atoms with Crippen LogP contribution < -0.4 is 26.2 Å². The lowest BCUT2D eigenvalue weighted by Gasteiger charge is -2.46. The van der Waals surface area contributed by atoms with Gasteiger partial charge >= 0.3 is 0 Å². The molecule has 2 aliphatic rings. The van der Waals surface area contributed by atoms with Gasteiger partial charge in [-0.15, -0.1) is 0 Å². The fourth-order valence-electron chi connectivity index (χ4n) is 21.3. The van der Waals surface area contributed by atoms with Gasteiger partial charge in [0.2, 0.25) is 0 Å². The van der Waals surface area contributed by atoms with E-state index in [0.29, 0.717) is 89.3 Å². The summed E-state index contributed by atoms with van der Waals surface area (Å²) >= 11 is 0. The molecule has 710 valence electrons. The normalized spacial score (nSPS) is 15.8. The summed E-state index contributed by atoms with van der Waals surface area (Å²) in [7, 11) is 0. The van der Waals surface area contributed by atoms with Gasteiger partial charge in [0.25, 0.3) is 6.71 Å². The van der Waals surface area contributed by atoms with Gasteiger partial charge in [0, 0.05) is 94.4 Å². The monoisotopic (exact) mass is 1820 g/mol. The lowest BCUT2D eigenvalue weighted by atomic mass is 9.33. The van der Waals surface area contributed by atoms with Gasteiger partial charge in [-0.05, 0) is 333 Å². The van der Waals surface area contributed by atoms with Crippen molar-refractivity contribution in [3.8, 4) is 55.9 Å². The number of hydrogen-bond donors (Lipinski definition) is 0. The zero-order valence-corrected chi connectivity index (χ0v) is 88.8. The van der Waals surface area contributed by atoms with Gasteiger partial charge in [0.1, 0.15) is 0 Å². The zero-order valence-electron chi connectivity index (χ0n) is 101. The quantitative estimate of drug-likeness (QED) is 0.0796. The minimum Gasteiger partial charge on any atom is -0.310 e. The van der Waals surface area contributed by atoms with Crippen molar-refractivity contribution < 1.29 is 16.4 Å². The van der Waals surface area contributed by atoms with E-state index in [2.05, 4.69) is 244 Å². The highest BCUT2D eigenvalue weighted by Crippen LogP contribution is 2.57. The van der Waals surface area contributed by atoms with Gasteiger partial charge in [0.05, 0.1) is 33.4 Å². The largest absolute Gasteiger partial charge is 0.310 e. The van der Waals surface area contributed by atoms with Crippen LogP contribution in [0.3, 0.4) is 0 Å². The fourth-order valence-corrected chi connectivity index (χ4v) is 21.3. The Bertz CT molecular complexity index is 7030. The molecule has 0 saturated heterocycles. The lowest BCUT2D eigenvalue weighted by molar-refractivity contribution is 0.410. The first kappa shape index (κ1) is 83.1. The van der Waals surface area contributed by atoms with Crippen LogP contribution in [0.5, 0.6) is 0 Å². The molecular weight excluding hydrogens is 1650 g/mol. The number of benzene rings is 13. The third kappa shape index (κ3) is 21.8. The predicted octanol–water partition coefficient (Wildman–Crippen LogP) is 35.8. The maximum Gasteiger partial charge on any atom is 0.252 e. The number of hydrogen-bond acceptors (Lipinski definition) is 2. The number of anilines is 6. The summed E-state index contributed by atoms with van der Waals surface area (Å²) in [5.41, 5.74) is 19.6. The molecule has 4 nitrogen and oxygen atoms in total. The summed E-state index contributed by atoms with van der Waals surface area (Å²) in [5.74, 6) is 0. The van der Waals surface area contributed by atoms with E-state index < -0.39 is 82.9 Å². The molecule has 137 heavy (non-hydrogen) atoms. The Morgan fingerprint density at radius 2 is 0.474 bits per heavy atom. The molecule has 0 spiro atoms. The average molecular weight is 1820 g/mol. The molecule has 2 aliphatic heterocycles. The van der Waals surface area contributed by atoms with E-state index in [9.17, 15) is 16.4 Å². The predicted molar refractivity (Wildman–Crippen MR) is 601 cm³/mol. The summed E-state index contributed by atoms with van der Waals surface area (Å²) in [5, 5.41) is 4.53. The Hall–Kier alpha value is -10.9. The van der Waals surface area contributed by atoms with Crippen LogP contribution in [0.2, 0.25) is 0 Å². The zero-order chi connectivity index (χ0) is 109. The molecule has 0 atom stereocenters. The molecule has 0 unspecified atom stereocenters. The van der Waals surface area contributed by atoms with E-state index in [1.165, 1.54) is 22.3 Å². The number of fused-ring (bicyclic) bond motifs is 10. The summed E-state index contributed by atoms with van der Waals surface area (Å²) in [6, 6.07) is 86.4. The van der Waals surface area contributed by atoms with Crippen LogP contribution in [0.1, 0.15) is 306 Å². The van der Waals surface area contributed by atoms with Crippen LogP contribution in [0.25, 0.3) is 99.5 Å². The highest BCUT2D eigenvalue weighted by molar-refractivity contribution is 7.00. The van der Waals surface area contributed by atoms with Crippen molar-refractivity contribution in [1.82, 2.24) is 9.13 Å². The summed E-state index contributed by atoms with van der Waals surface area (Å²) in [4.78, 5) is 4.90. The SMILES string of the molecule is [2H]C([2H])(c1cccc(-c2cc(C([2H])([2H])C(C)(C)C)cc(-c3cccc(C([2H])([2H])C(C)(C)C)c3)c2N2c3cc(-n4c5ccc(CC(C)(C)C)cc5c5cc(CC(C)(C)C)ccc54)ccc3B3c4ccc(-n5c6ccc(CC(C)(C)C)cc6c6cc(CC(C)(C)C)ccc65)cc4N(c4c(-c5cccc(C([2H])([2H])C(C)(C)C)c5)cc(C([2H])([2H])C(C)(C)C)cc4-c4cccc(C([2H])([2H])C(C)(C)C)c4)c4cc(C(C)(C)C)cc2c43)c1)C(C)(C)C. The van der Waals surface area contributed by atoms with E-state index >= 15 is 0 Å². The van der Waals surface area contributed by atoms with Gasteiger partial charge < -0.3 is 18.9 Å². The Morgan fingerprint density at radius 3 is 0.708 bits per heavy atom. The molecule has 13 aromatic carbocycles. The second-order valence-electron chi connectivity index (χ2n) is 52.2. The fraction of sp³-hybridized carbons (Fsp3) is 0.409. The van der Waals surface area contributed by atoms with Crippen molar-refractivity contribution in [3.05, 3.63) is 304 Å². The first-order chi connectivity index (χ1) is 68.3. The number of rotatable bonds is 18. The van der Waals surface area contributed by atoms with Crippen molar-refractivity contribution in [2.75, 3.05) is 9.80 Å². The van der Waals surface area contributed by atoms with Crippen LogP contribution in [0.15, 0.2) is 243 Å². The third-order valence-electron chi connectivity index (χ3n) is 25.6. The molecule has 0 bridgehead atoms. The third-order valence-corrected chi connectivity index (χ3v) is 25.6. The van der Waals surface area contributed by atoms with E-state index in [1.54, 1.807) is 0 Å². The molecule has 0 N–H and O–H groups in total. The Balaban J connectivity index is 1.14. The number of aromatic nitrogens is 2. The molecule has 2 aromatic heterocycles. The van der Waals surface area contributed by atoms with Gasteiger partial charge in [-0.2, -0.15) is 0 Å². The minimum atomic E-state index is -2.07. The van der Waals surface area contributed by atoms with Gasteiger partial charge in [-0.25, -0.2) is 0 Å². The second-order valence-corrected chi connectivity index (χ2v) is 52.2. The molecule has 17 rings (SSSR count). The van der Waals surface area contributed by atoms with E-state index in [-0.39, 0.29) is 21.7 Å². The molecule has 0 aliphatic carbocycles. The van der Waals surface area contributed by atoms with Crippen molar-refractivity contribution in [2.45, 2.75) is 298 Å². The molecule has 5 heteroatoms. The molecule has 0 saturated carbocycles. The summed E-state index contributed by atoms with van der Waals surface area (Å²) in [6.45, 7) is 68.5. The minimum absolute atomic E-state index is 0.0286. The highest BCUT2D eigenvalue weighted by atomic mass is 15.2. The van der Waals surface area contributed by atoms with Crippen LogP contribution in [0, 0.1) is 54.1 Å². The van der Waals surface area contributed by atoms with E-state index in [0.717, 1.165) is 125 Å². The van der Waals surface area contributed by atoms with Crippen molar-refractivity contribution >= 4 is 101 Å². The van der Waals surface area contributed by atoms with E-state index in [1.807, 2.05) is 246 Å².